The van der Waals surface area contributed by atoms with Gasteiger partial charge in [-0.05, 0) is 60.4 Å². The van der Waals surface area contributed by atoms with E-state index < -0.39 is 6.04 Å². The van der Waals surface area contributed by atoms with Crippen molar-refractivity contribution in [2.75, 3.05) is 18.9 Å². The van der Waals surface area contributed by atoms with Gasteiger partial charge in [-0.15, -0.1) is 18.3 Å². The highest BCUT2D eigenvalue weighted by Gasteiger charge is 2.38. The molecule has 0 spiro atoms. The Balaban J connectivity index is 0.00000129. The number of aromatic nitrogens is 2. The smallest absolute Gasteiger partial charge is 0.245 e. The van der Waals surface area contributed by atoms with Crippen molar-refractivity contribution in [3.05, 3.63) is 31.0 Å². The van der Waals surface area contributed by atoms with Crippen LogP contribution in [0.5, 0.6) is 0 Å². The Morgan fingerprint density at radius 1 is 1.27 bits per heavy atom. The quantitative estimate of drug-likeness (QED) is 0.489. The summed E-state index contributed by atoms with van der Waals surface area (Å²) in [5, 5.41) is 13.9. The fraction of sp³-hybridized carbons (Fsp3) is 0.667. The van der Waals surface area contributed by atoms with Gasteiger partial charge in [0.1, 0.15) is 11.0 Å². The van der Waals surface area contributed by atoms with E-state index in [4.69, 9.17) is 0 Å². The summed E-state index contributed by atoms with van der Waals surface area (Å²) in [5.41, 5.74) is 1.17. The van der Waals surface area contributed by atoms with Crippen molar-refractivity contribution in [3.8, 4) is 0 Å². The van der Waals surface area contributed by atoms with E-state index in [1.54, 1.807) is 26.2 Å². The molecule has 9 heteroatoms. The first kappa shape index (κ1) is 30.7. The van der Waals surface area contributed by atoms with E-state index in [1.807, 2.05) is 39.5 Å². The van der Waals surface area contributed by atoms with Crippen LogP contribution in [0.3, 0.4) is 0 Å². The SMILES string of the molecule is C=C(C)C.C=CC.CN[C@@H](C)C(=O)NC(C(=O)N1CCCC1C(C)Nc1cnns1)C(C)C. The van der Waals surface area contributed by atoms with Gasteiger partial charge in [0.15, 0.2) is 0 Å². The largest absolute Gasteiger partial charge is 0.370 e. The molecule has 0 saturated carbocycles. The highest BCUT2D eigenvalue weighted by Crippen LogP contribution is 2.25. The fourth-order valence-electron chi connectivity index (χ4n) is 3.24. The second kappa shape index (κ2) is 16.4. The highest BCUT2D eigenvalue weighted by molar-refractivity contribution is 7.09. The maximum absolute atomic E-state index is 13.2. The molecule has 2 heterocycles. The van der Waals surface area contributed by atoms with Crippen molar-refractivity contribution >= 4 is 28.3 Å². The van der Waals surface area contributed by atoms with Gasteiger partial charge in [0, 0.05) is 24.1 Å². The van der Waals surface area contributed by atoms with Gasteiger partial charge in [0.25, 0.3) is 0 Å². The van der Waals surface area contributed by atoms with Gasteiger partial charge in [0.2, 0.25) is 11.8 Å². The Labute approximate surface area is 204 Å². The first-order valence-electron chi connectivity index (χ1n) is 11.5. The molecule has 1 saturated heterocycles. The average Bonchev–Trinajstić information content (AvgIpc) is 3.42. The van der Waals surface area contributed by atoms with Crippen LogP contribution < -0.4 is 16.0 Å². The third-order valence-electron chi connectivity index (χ3n) is 4.95. The standard InChI is InChI=1S/C17H30N6O2S.C4H8.C3H6/c1-10(2)15(21-16(24)12(4)18-5)17(25)23-8-6-7-13(23)11(3)20-14-9-19-22-26-14;1-4(2)3;1-3-2/h9-13,15,18,20H,6-8H2,1-5H3,(H,21,24);1H2,2-3H3;3H,1H2,2H3/t11?,12-,13?,15?;;/m0../s1. The predicted octanol–water partition coefficient (Wildman–Crippen LogP) is 3.85. The predicted molar refractivity (Wildman–Crippen MR) is 139 cm³/mol. The molecule has 2 rings (SSSR count). The normalized spacial score (nSPS) is 17.5. The summed E-state index contributed by atoms with van der Waals surface area (Å²) < 4.78 is 3.86. The molecular formula is C24H44N6O2S. The van der Waals surface area contributed by atoms with Crippen molar-refractivity contribution in [2.24, 2.45) is 5.92 Å². The molecule has 0 aromatic carbocycles. The zero-order valence-corrected chi connectivity index (χ0v) is 22.5. The first-order chi connectivity index (χ1) is 15.5. The molecule has 0 bridgehead atoms. The molecule has 1 fully saturated rings. The summed E-state index contributed by atoms with van der Waals surface area (Å²) >= 11 is 1.31. The maximum atomic E-state index is 13.2. The van der Waals surface area contributed by atoms with Crippen molar-refractivity contribution < 1.29 is 9.59 Å². The topological polar surface area (TPSA) is 99.2 Å². The van der Waals surface area contributed by atoms with Crippen molar-refractivity contribution in [2.45, 2.75) is 85.5 Å². The summed E-state index contributed by atoms with van der Waals surface area (Å²) in [6.45, 7) is 21.2. The maximum Gasteiger partial charge on any atom is 0.245 e. The monoisotopic (exact) mass is 480 g/mol. The van der Waals surface area contributed by atoms with E-state index in [-0.39, 0.29) is 35.9 Å². The van der Waals surface area contributed by atoms with Gasteiger partial charge in [0.05, 0.1) is 18.3 Å². The Bertz CT molecular complexity index is 719. The zero-order valence-electron chi connectivity index (χ0n) is 21.6. The third kappa shape index (κ3) is 11.4. The summed E-state index contributed by atoms with van der Waals surface area (Å²) in [6, 6.07) is -0.679. The van der Waals surface area contributed by atoms with E-state index >= 15 is 0 Å². The molecule has 1 aliphatic rings. The number of likely N-dealkylation sites (N-methyl/N-ethyl adjacent to an activating group) is 1. The van der Waals surface area contributed by atoms with Gasteiger partial charge in [-0.25, -0.2) is 0 Å². The lowest BCUT2D eigenvalue weighted by Crippen LogP contribution is -2.57. The lowest BCUT2D eigenvalue weighted by atomic mass is 10.0. The first-order valence-corrected chi connectivity index (χ1v) is 12.3. The lowest BCUT2D eigenvalue weighted by molar-refractivity contribution is -0.138. The summed E-state index contributed by atoms with van der Waals surface area (Å²) in [4.78, 5) is 27.4. The second-order valence-electron chi connectivity index (χ2n) is 8.81. The van der Waals surface area contributed by atoms with Gasteiger partial charge >= 0.3 is 0 Å². The number of likely N-dealkylation sites (tertiary alicyclic amines) is 1. The molecule has 1 aromatic rings. The number of nitrogens with one attached hydrogen (secondary N) is 3. The minimum atomic E-state index is -0.517. The van der Waals surface area contributed by atoms with E-state index in [0.717, 1.165) is 24.4 Å². The van der Waals surface area contributed by atoms with Crippen LogP contribution >= 0.6 is 11.5 Å². The number of nitrogens with zero attached hydrogens (tertiary/aromatic N) is 3. The van der Waals surface area contributed by atoms with Crippen molar-refractivity contribution in [1.29, 1.82) is 0 Å². The van der Waals surface area contributed by atoms with Crippen LogP contribution in [0.15, 0.2) is 31.0 Å². The number of carbonyl (C=O) groups is 2. The lowest BCUT2D eigenvalue weighted by Gasteiger charge is -2.34. The van der Waals surface area contributed by atoms with Crippen LogP contribution in [0.1, 0.15) is 61.3 Å². The minimum Gasteiger partial charge on any atom is -0.370 e. The van der Waals surface area contributed by atoms with E-state index in [0.29, 0.717) is 0 Å². The van der Waals surface area contributed by atoms with E-state index in [9.17, 15) is 9.59 Å². The Kier molecular flexibility index (Phi) is 15.2. The molecule has 1 aliphatic heterocycles. The molecule has 2 amide bonds. The molecule has 4 atom stereocenters. The van der Waals surface area contributed by atoms with Crippen LogP contribution in [0.25, 0.3) is 0 Å². The minimum absolute atomic E-state index is 0.00441. The fourth-order valence-corrected chi connectivity index (χ4v) is 3.75. The second-order valence-corrected chi connectivity index (χ2v) is 9.60. The number of amides is 2. The van der Waals surface area contributed by atoms with Gasteiger partial charge in [-0.1, -0.05) is 30.0 Å². The average molecular weight is 481 g/mol. The Morgan fingerprint density at radius 2 is 1.85 bits per heavy atom. The zero-order chi connectivity index (χ0) is 25.6. The van der Waals surface area contributed by atoms with Gasteiger partial charge < -0.3 is 20.9 Å². The molecule has 3 unspecified atom stereocenters. The van der Waals surface area contributed by atoms with Crippen molar-refractivity contribution in [3.63, 3.8) is 0 Å². The third-order valence-corrected chi connectivity index (χ3v) is 5.54. The number of rotatable bonds is 8. The van der Waals surface area contributed by atoms with Gasteiger partial charge in [-0.3, -0.25) is 9.59 Å². The number of anilines is 1. The van der Waals surface area contributed by atoms with Gasteiger partial charge in [-0.2, -0.15) is 0 Å². The number of hydrogen-bond acceptors (Lipinski definition) is 7. The van der Waals surface area contributed by atoms with E-state index in [1.165, 1.54) is 17.1 Å². The van der Waals surface area contributed by atoms with E-state index in [2.05, 4.69) is 45.6 Å². The molecule has 188 valence electrons. The van der Waals surface area contributed by atoms with Crippen LogP contribution in [0.4, 0.5) is 5.00 Å². The highest BCUT2D eigenvalue weighted by atomic mass is 32.1. The molecule has 33 heavy (non-hydrogen) atoms. The molecule has 0 aliphatic carbocycles. The van der Waals surface area contributed by atoms with Crippen LogP contribution in [0, 0.1) is 5.92 Å². The Hall–Kier alpha value is -2.26. The number of carbonyl (C=O) groups excluding carboxylic acids is 2. The molecule has 1 aromatic heterocycles. The molecule has 3 N–H and O–H groups in total. The van der Waals surface area contributed by atoms with Crippen LogP contribution in [-0.2, 0) is 9.59 Å². The summed E-state index contributed by atoms with van der Waals surface area (Å²) in [7, 11) is 1.73. The summed E-state index contributed by atoms with van der Waals surface area (Å²) in [6.07, 6.45) is 5.35. The van der Waals surface area contributed by atoms with Crippen LogP contribution in [0.2, 0.25) is 0 Å². The molecule has 8 nitrogen and oxygen atoms in total. The van der Waals surface area contributed by atoms with Crippen molar-refractivity contribution in [1.82, 2.24) is 25.1 Å². The van der Waals surface area contributed by atoms with Crippen LogP contribution in [-0.4, -0.2) is 64.1 Å². The molecule has 0 radical (unpaired) electrons. The summed E-state index contributed by atoms with van der Waals surface area (Å²) in [5.74, 6) is -0.141. The number of hydrogen-bond donors (Lipinski definition) is 3. The number of allylic oxidation sites excluding steroid dienone is 2. The Morgan fingerprint density at radius 3 is 2.30 bits per heavy atom. The molecular weight excluding hydrogens is 436 g/mol.